The van der Waals surface area contributed by atoms with Gasteiger partial charge in [-0.25, -0.2) is 0 Å². The van der Waals surface area contributed by atoms with E-state index in [0.29, 0.717) is 34.1 Å². The van der Waals surface area contributed by atoms with Crippen molar-refractivity contribution in [3.8, 4) is 23.0 Å². The SMILES string of the molecule is COc1cc2c(cc1OC)[C@@H]1C(=O)c3ccc4occc4c3O[C@@H]1CO2. The molecule has 0 saturated carbocycles. The van der Waals surface area contributed by atoms with Crippen LogP contribution in [0.3, 0.4) is 0 Å². The summed E-state index contributed by atoms with van der Waals surface area (Å²) < 4.78 is 28.2. The molecule has 0 unspecified atom stereocenters. The lowest BCUT2D eigenvalue weighted by atomic mass is 9.81. The van der Waals surface area contributed by atoms with Gasteiger partial charge in [-0.1, -0.05) is 0 Å². The van der Waals surface area contributed by atoms with Gasteiger partial charge in [0.2, 0.25) is 0 Å². The van der Waals surface area contributed by atoms with Crippen LogP contribution in [-0.4, -0.2) is 32.7 Å². The number of rotatable bonds is 2. The van der Waals surface area contributed by atoms with E-state index in [1.54, 1.807) is 44.7 Å². The summed E-state index contributed by atoms with van der Waals surface area (Å²) in [5.74, 6) is 1.86. The maximum absolute atomic E-state index is 13.3. The van der Waals surface area contributed by atoms with Crippen LogP contribution in [-0.2, 0) is 0 Å². The maximum Gasteiger partial charge on any atom is 0.178 e. The van der Waals surface area contributed by atoms with Gasteiger partial charge in [0.15, 0.2) is 17.3 Å². The molecule has 3 heterocycles. The number of hydrogen-bond donors (Lipinski definition) is 0. The number of Topliss-reactive ketones (excluding diaryl/α,β-unsaturated/α-hetero) is 1. The van der Waals surface area contributed by atoms with Crippen LogP contribution in [0.1, 0.15) is 21.8 Å². The van der Waals surface area contributed by atoms with Crippen LogP contribution in [0.25, 0.3) is 11.0 Å². The van der Waals surface area contributed by atoms with Gasteiger partial charge in [0.05, 0.1) is 37.4 Å². The summed E-state index contributed by atoms with van der Waals surface area (Å²) in [4.78, 5) is 13.3. The number of benzene rings is 2. The van der Waals surface area contributed by atoms with E-state index < -0.39 is 12.0 Å². The van der Waals surface area contributed by atoms with Crippen molar-refractivity contribution in [2.45, 2.75) is 12.0 Å². The molecule has 3 aromatic rings. The number of carbonyl (C=O) groups excluding carboxylic acids is 1. The molecule has 6 heteroatoms. The Kier molecular flexibility index (Phi) is 3.16. The third-order valence-electron chi connectivity index (χ3n) is 5.03. The van der Waals surface area contributed by atoms with Crippen LogP contribution in [0, 0.1) is 0 Å². The quantitative estimate of drug-likeness (QED) is 0.702. The first-order valence-corrected chi connectivity index (χ1v) is 8.31. The fraction of sp³-hybridized carbons (Fsp3) is 0.250. The molecule has 0 bridgehead atoms. The van der Waals surface area contributed by atoms with Gasteiger partial charge in [-0.2, -0.15) is 0 Å². The molecule has 26 heavy (non-hydrogen) atoms. The largest absolute Gasteiger partial charge is 0.493 e. The molecule has 0 N–H and O–H groups in total. The van der Waals surface area contributed by atoms with Crippen molar-refractivity contribution in [2.75, 3.05) is 20.8 Å². The number of fused-ring (bicyclic) bond motifs is 6. The van der Waals surface area contributed by atoms with Gasteiger partial charge in [0.1, 0.15) is 29.8 Å². The Balaban J connectivity index is 1.67. The zero-order valence-electron chi connectivity index (χ0n) is 14.3. The Morgan fingerprint density at radius 3 is 2.69 bits per heavy atom. The number of ketones is 1. The van der Waals surface area contributed by atoms with E-state index in [1.807, 2.05) is 6.07 Å². The van der Waals surface area contributed by atoms with Crippen LogP contribution in [0.4, 0.5) is 0 Å². The molecule has 2 aromatic carbocycles. The van der Waals surface area contributed by atoms with E-state index in [0.717, 1.165) is 10.9 Å². The van der Waals surface area contributed by atoms with Crippen LogP contribution < -0.4 is 18.9 Å². The van der Waals surface area contributed by atoms with Gasteiger partial charge in [-0.05, 0) is 24.3 Å². The Morgan fingerprint density at radius 2 is 1.88 bits per heavy atom. The molecule has 0 amide bonds. The van der Waals surface area contributed by atoms with E-state index >= 15 is 0 Å². The highest BCUT2D eigenvalue weighted by molar-refractivity contribution is 6.09. The second-order valence-corrected chi connectivity index (χ2v) is 6.33. The topological polar surface area (TPSA) is 67.1 Å². The predicted molar refractivity (Wildman–Crippen MR) is 92.7 cm³/mol. The normalized spacial score (nSPS) is 20.5. The first-order chi connectivity index (χ1) is 12.7. The molecular weight excluding hydrogens is 336 g/mol. The molecule has 6 nitrogen and oxygen atoms in total. The fourth-order valence-corrected chi connectivity index (χ4v) is 3.78. The molecule has 0 saturated heterocycles. The Bertz CT molecular complexity index is 1030. The Labute approximate surface area is 149 Å². The van der Waals surface area contributed by atoms with E-state index in [4.69, 9.17) is 23.4 Å². The van der Waals surface area contributed by atoms with E-state index in [1.165, 1.54) is 0 Å². The number of carbonyl (C=O) groups is 1. The zero-order valence-corrected chi connectivity index (χ0v) is 14.3. The summed E-state index contributed by atoms with van der Waals surface area (Å²) in [6.45, 7) is 0.284. The van der Waals surface area contributed by atoms with Gasteiger partial charge >= 0.3 is 0 Å². The smallest absolute Gasteiger partial charge is 0.178 e. The number of furan rings is 1. The predicted octanol–water partition coefficient (Wildman–Crippen LogP) is 3.57. The molecule has 0 fully saturated rings. The third-order valence-corrected chi connectivity index (χ3v) is 5.03. The van der Waals surface area contributed by atoms with E-state index in [2.05, 4.69) is 0 Å². The first kappa shape index (κ1) is 15.1. The highest BCUT2D eigenvalue weighted by Gasteiger charge is 2.44. The highest BCUT2D eigenvalue weighted by Crippen LogP contribution is 2.48. The van der Waals surface area contributed by atoms with Crippen molar-refractivity contribution in [3.05, 3.63) is 47.7 Å². The van der Waals surface area contributed by atoms with Crippen LogP contribution in [0.2, 0.25) is 0 Å². The molecule has 1 aromatic heterocycles. The second kappa shape index (κ2) is 5.42. The summed E-state index contributed by atoms with van der Waals surface area (Å²) in [6, 6.07) is 8.92. The molecule has 2 aliphatic heterocycles. The average molecular weight is 352 g/mol. The maximum atomic E-state index is 13.3. The number of ether oxygens (including phenoxy) is 4. The van der Waals surface area contributed by atoms with Crippen molar-refractivity contribution < 1.29 is 28.2 Å². The Morgan fingerprint density at radius 1 is 1.08 bits per heavy atom. The first-order valence-electron chi connectivity index (χ1n) is 8.31. The minimum Gasteiger partial charge on any atom is -0.493 e. The summed E-state index contributed by atoms with van der Waals surface area (Å²) in [6.07, 6.45) is 1.19. The molecule has 0 radical (unpaired) electrons. The fourth-order valence-electron chi connectivity index (χ4n) is 3.78. The van der Waals surface area contributed by atoms with Crippen molar-refractivity contribution >= 4 is 16.8 Å². The van der Waals surface area contributed by atoms with Gasteiger partial charge in [-0.15, -0.1) is 0 Å². The second-order valence-electron chi connectivity index (χ2n) is 6.33. The lowest BCUT2D eigenvalue weighted by Gasteiger charge is -2.37. The molecule has 2 aliphatic rings. The molecule has 0 spiro atoms. The molecule has 132 valence electrons. The van der Waals surface area contributed by atoms with Crippen LogP contribution in [0.15, 0.2) is 41.0 Å². The monoisotopic (exact) mass is 352 g/mol. The average Bonchev–Trinajstić information content (AvgIpc) is 3.15. The molecule has 2 atom stereocenters. The highest BCUT2D eigenvalue weighted by atomic mass is 16.5. The van der Waals surface area contributed by atoms with Gasteiger partial charge in [-0.3, -0.25) is 4.79 Å². The Hall–Kier alpha value is -3.15. The van der Waals surface area contributed by atoms with E-state index in [9.17, 15) is 4.79 Å². The van der Waals surface area contributed by atoms with Crippen molar-refractivity contribution in [2.24, 2.45) is 0 Å². The summed E-state index contributed by atoms with van der Waals surface area (Å²) in [7, 11) is 3.13. The lowest BCUT2D eigenvalue weighted by Crippen LogP contribution is -2.43. The van der Waals surface area contributed by atoms with Crippen molar-refractivity contribution in [3.63, 3.8) is 0 Å². The third kappa shape index (κ3) is 1.95. The molecule has 5 rings (SSSR count). The zero-order chi connectivity index (χ0) is 17.8. The van der Waals surface area contributed by atoms with Crippen molar-refractivity contribution in [1.82, 2.24) is 0 Å². The molecule has 0 aliphatic carbocycles. The van der Waals surface area contributed by atoms with E-state index in [-0.39, 0.29) is 12.4 Å². The minimum atomic E-state index is -0.449. The lowest BCUT2D eigenvalue weighted by molar-refractivity contribution is 0.0566. The van der Waals surface area contributed by atoms with Gasteiger partial charge in [0.25, 0.3) is 0 Å². The molecular formula is C20H16O6. The number of methoxy groups -OCH3 is 2. The summed E-state index contributed by atoms with van der Waals surface area (Å²) in [5.41, 5.74) is 2.00. The van der Waals surface area contributed by atoms with Crippen LogP contribution >= 0.6 is 0 Å². The van der Waals surface area contributed by atoms with Crippen molar-refractivity contribution in [1.29, 1.82) is 0 Å². The van der Waals surface area contributed by atoms with Gasteiger partial charge < -0.3 is 23.4 Å². The van der Waals surface area contributed by atoms with Crippen LogP contribution in [0.5, 0.6) is 23.0 Å². The van der Waals surface area contributed by atoms with Gasteiger partial charge in [0, 0.05) is 11.6 Å². The number of hydrogen-bond acceptors (Lipinski definition) is 6. The minimum absolute atomic E-state index is 0.0103. The summed E-state index contributed by atoms with van der Waals surface area (Å²) >= 11 is 0. The summed E-state index contributed by atoms with van der Waals surface area (Å²) in [5, 5.41) is 0.799. The standard InChI is InChI=1S/C20H16O6/c1-22-15-7-12-14(8-16(15)23-2)25-9-17-18(12)19(21)11-3-4-13-10(5-6-24-13)20(11)26-17/h3-8,17-18H,9H2,1-2H3/t17-,18+/m1/s1.